The number of hydrogen-bond donors (Lipinski definition) is 2. The van der Waals surface area contributed by atoms with Crippen LogP contribution in [0.5, 0.6) is 0 Å². The van der Waals surface area contributed by atoms with E-state index in [0.29, 0.717) is 11.5 Å². The van der Waals surface area contributed by atoms with Gasteiger partial charge in [-0.25, -0.2) is 0 Å². The van der Waals surface area contributed by atoms with Gasteiger partial charge in [-0.2, -0.15) is 0 Å². The van der Waals surface area contributed by atoms with E-state index < -0.39 is 0 Å². The van der Waals surface area contributed by atoms with Gasteiger partial charge in [0.2, 0.25) is 0 Å². The number of rotatable bonds is 4. The molecule has 0 spiro atoms. The highest BCUT2D eigenvalue weighted by Gasteiger charge is 2.28. The van der Waals surface area contributed by atoms with Crippen molar-refractivity contribution in [3.8, 4) is 0 Å². The summed E-state index contributed by atoms with van der Waals surface area (Å²) in [5, 5.41) is 6.23. The second kappa shape index (κ2) is 6.17. The third kappa shape index (κ3) is 3.33. The Morgan fingerprint density at radius 2 is 2.00 bits per heavy atom. The van der Waals surface area contributed by atoms with Crippen LogP contribution in [0.3, 0.4) is 0 Å². The Labute approximate surface area is 114 Å². The summed E-state index contributed by atoms with van der Waals surface area (Å²) in [5.41, 5.74) is 1.94. The minimum Gasteiger partial charge on any atom is -0.378 e. The van der Waals surface area contributed by atoms with E-state index in [0.717, 1.165) is 13.1 Å². The minimum absolute atomic E-state index is 0.0361. The Kier molecular flexibility index (Phi) is 4.56. The highest BCUT2D eigenvalue weighted by Crippen LogP contribution is 2.15. The normalized spacial score (nSPS) is 22.7. The highest BCUT2D eigenvalue weighted by atomic mass is 16.5. The van der Waals surface area contributed by atoms with E-state index in [1.54, 1.807) is 7.11 Å². The Morgan fingerprint density at radius 3 is 2.58 bits per heavy atom. The lowest BCUT2D eigenvalue weighted by Crippen LogP contribution is -2.43. The molecule has 1 aliphatic heterocycles. The van der Waals surface area contributed by atoms with Crippen LogP contribution in [-0.2, 0) is 4.74 Å². The fourth-order valence-corrected chi connectivity index (χ4v) is 2.32. The fraction of sp³-hybridized carbons (Fsp3) is 0.533. The van der Waals surface area contributed by atoms with Crippen LogP contribution in [0.1, 0.15) is 35.7 Å². The summed E-state index contributed by atoms with van der Waals surface area (Å²) in [5.74, 6) is 0.445. The quantitative estimate of drug-likeness (QED) is 0.865. The molecule has 2 N–H and O–H groups in total. The van der Waals surface area contributed by atoms with Gasteiger partial charge in [0.25, 0.3) is 5.91 Å². The standard InChI is InChI=1S/C15H22N2O2/c1-10(2)11-4-6-12(7-5-11)15(18)17-13-8-16-9-14(13)19-3/h4-7,10,13-14,16H,8-9H2,1-3H3,(H,17,18)/t13?,14-/m0/s1. The van der Waals surface area contributed by atoms with Crippen LogP contribution in [0.25, 0.3) is 0 Å². The van der Waals surface area contributed by atoms with Crippen molar-refractivity contribution in [3.05, 3.63) is 35.4 Å². The number of nitrogens with one attached hydrogen (secondary N) is 2. The van der Waals surface area contributed by atoms with Crippen molar-refractivity contribution in [3.63, 3.8) is 0 Å². The van der Waals surface area contributed by atoms with E-state index >= 15 is 0 Å². The number of benzene rings is 1. The van der Waals surface area contributed by atoms with Crippen molar-refractivity contribution < 1.29 is 9.53 Å². The van der Waals surface area contributed by atoms with Crippen LogP contribution < -0.4 is 10.6 Å². The van der Waals surface area contributed by atoms with Gasteiger partial charge < -0.3 is 15.4 Å². The molecule has 1 aliphatic rings. The predicted octanol–water partition coefficient (Wildman–Crippen LogP) is 1.53. The molecule has 4 heteroatoms. The van der Waals surface area contributed by atoms with Crippen molar-refractivity contribution in [2.45, 2.75) is 31.9 Å². The van der Waals surface area contributed by atoms with Crippen molar-refractivity contribution in [2.24, 2.45) is 0 Å². The van der Waals surface area contributed by atoms with Gasteiger partial charge in [0.15, 0.2) is 0 Å². The molecule has 0 bridgehead atoms. The van der Waals surface area contributed by atoms with Crippen LogP contribution >= 0.6 is 0 Å². The smallest absolute Gasteiger partial charge is 0.251 e. The first-order valence-corrected chi connectivity index (χ1v) is 6.76. The second-order valence-electron chi connectivity index (χ2n) is 5.29. The molecule has 1 fully saturated rings. The minimum atomic E-state index is -0.0361. The summed E-state index contributed by atoms with van der Waals surface area (Å²) in [6, 6.07) is 7.84. The summed E-state index contributed by atoms with van der Waals surface area (Å²) >= 11 is 0. The average Bonchev–Trinajstić information content (AvgIpc) is 2.86. The third-order valence-corrected chi connectivity index (χ3v) is 3.62. The number of carbonyl (C=O) groups is 1. The van der Waals surface area contributed by atoms with Gasteiger partial charge in [0.1, 0.15) is 0 Å². The molecule has 1 aromatic rings. The molecule has 1 unspecified atom stereocenters. The Hall–Kier alpha value is -1.39. The molecular formula is C15H22N2O2. The van der Waals surface area contributed by atoms with Crippen LogP contribution in [0.15, 0.2) is 24.3 Å². The van der Waals surface area contributed by atoms with E-state index in [4.69, 9.17) is 4.74 Å². The monoisotopic (exact) mass is 262 g/mol. The second-order valence-corrected chi connectivity index (χ2v) is 5.29. The van der Waals surface area contributed by atoms with Gasteiger partial charge in [-0.05, 0) is 23.6 Å². The summed E-state index contributed by atoms with van der Waals surface area (Å²) in [6.07, 6.45) is 0.0545. The molecule has 2 atom stereocenters. The van der Waals surface area contributed by atoms with Crippen LogP contribution in [0.2, 0.25) is 0 Å². The lowest BCUT2D eigenvalue weighted by molar-refractivity contribution is 0.0780. The molecule has 1 heterocycles. The van der Waals surface area contributed by atoms with E-state index in [-0.39, 0.29) is 18.1 Å². The van der Waals surface area contributed by atoms with E-state index in [9.17, 15) is 4.79 Å². The first kappa shape index (κ1) is 14.0. The van der Waals surface area contributed by atoms with Gasteiger partial charge in [-0.3, -0.25) is 4.79 Å². The van der Waals surface area contributed by atoms with Crippen LogP contribution in [0.4, 0.5) is 0 Å². The van der Waals surface area contributed by atoms with Crippen molar-refractivity contribution in [2.75, 3.05) is 20.2 Å². The van der Waals surface area contributed by atoms with Gasteiger partial charge in [0, 0.05) is 25.8 Å². The predicted molar refractivity (Wildman–Crippen MR) is 75.5 cm³/mol. The largest absolute Gasteiger partial charge is 0.378 e. The average molecular weight is 262 g/mol. The summed E-state index contributed by atoms with van der Waals surface area (Å²) in [6.45, 7) is 5.83. The van der Waals surface area contributed by atoms with Crippen molar-refractivity contribution in [1.82, 2.24) is 10.6 Å². The zero-order valence-corrected chi connectivity index (χ0v) is 11.8. The molecule has 0 saturated carbocycles. The van der Waals surface area contributed by atoms with E-state index in [1.807, 2.05) is 24.3 Å². The molecule has 2 rings (SSSR count). The molecule has 0 radical (unpaired) electrons. The third-order valence-electron chi connectivity index (χ3n) is 3.62. The van der Waals surface area contributed by atoms with Gasteiger partial charge in [-0.1, -0.05) is 26.0 Å². The molecule has 1 saturated heterocycles. The first-order valence-electron chi connectivity index (χ1n) is 6.76. The molecule has 1 amide bonds. The molecule has 19 heavy (non-hydrogen) atoms. The lowest BCUT2D eigenvalue weighted by atomic mass is 10.0. The van der Waals surface area contributed by atoms with E-state index in [2.05, 4.69) is 24.5 Å². The topological polar surface area (TPSA) is 50.4 Å². The molecule has 0 aliphatic carbocycles. The van der Waals surface area contributed by atoms with E-state index in [1.165, 1.54) is 5.56 Å². The molecule has 4 nitrogen and oxygen atoms in total. The van der Waals surface area contributed by atoms with Crippen LogP contribution in [-0.4, -0.2) is 38.3 Å². The van der Waals surface area contributed by atoms with Gasteiger partial charge in [0.05, 0.1) is 12.1 Å². The number of hydrogen-bond acceptors (Lipinski definition) is 3. The maximum Gasteiger partial charge on any atom is 0.251 e. The number of amides is 1. The zero-order chi connectivity index (χ0) is 13.8. The summed E-state index contributed by atoms with van der Waals surface area (Å²) < 4.78 is 5.33. The Bertz CT molecular complexity index is 428. The SMILES string of the molecule is CO[C@H]1CNCC1NC(=O)c1ccc(C(C)C)cc1. The maximum absolute atomic E-state index is 12.1. The molecule has 0 aromatic heterocycles. The Balaban J connectivity index is 1.99. The van der Waals surface area contributed by atoms with Gasteiger partial charge in [-0.15, -0.1) is 0 Å². The molecular weight excluding hydrogens is 240 g/mol. The van der Waals surface area contributed by atoms with Crippen molar-refractivity contribution >= 4 is 5.91 Å². The molecule has 1 aromatic carbocycles. The number of methoxy groups -OCH3 is 1. The van der Waals surface area contributed by atoms with Crippen LogP contribution in [0, 0.1) is 0 Å². The Morgan fingerprint density at radius 1 is 1.32 bits per heavy atom. The molecule has 104 valence electrons. The fourth-order valence-electron chi connectivity index (χ4n) is 2.32. The first-order chi connectivity index (χ1) is 9.11. The highest BCUT2D eigenvalue weighted by molar-refractivity contribution is 5.94. The summed E-state index contributed by atoms with van der Waals surface area (Å²) in [7, 11) is 1.67. The number of carbonyl (C=O) groups excluding carboxylic acids is 1. The van der Waals surface area contributed by atoms with Crippen molar-refractivity contribution in [1.29, 1.82) is 0 Å². The lowest BCUT2D eigenvalue weighted by Gasteiger charge is -2.18. The maximum atomic E-state index is 12.1. The number of ether oxygens (including phenoxy) is 1. The summed E-state index contributed by atoms with van der Waals surface area (Å²) in [4.78, 5) is 12.1. The zero-order valence-electron chi connectivity index (χ0n) is 11.8. The van der Waals surface area contributed by atoms with Gasteiger partial charge >= 0.3 is 0 Å².